The van der Waals surface area contributed by atoms with Crippen molar-refractivity contribution in [3.8, 4) is 5.69 Å². The zero-order valence-corrected chi connectivity index (χ0v) is 13.3. The van der Waals surface area contributed by atoms with Gasteiger partial charge in [0.15, 0.2) is 0 Å². The second kappa shape index (κ2) is 6.71. The summed E-state index contributed by atoms with van der Waals surface area (Å²) in [5.41, 5.74) is 3.11. The number of benzene rings is 1. The first-order valence-electron chi connectivity index (χ1n) is 6.72. The van der Waals surface area contributed by atoms with Crippen LogP contribution in [-0.4, -0.2) is 38.0 Å². The van der Waals surface area contributed by atoms with Crippen molar-refractivity contribution in [3.63, 3.8) is 0 Å². The molecule has 21 heavy (non-hydrogen) atoms. The van der Waals surface area contributed by atoms with Gasteiger partial charge < -0.3 is 4.74 Å². The second-order valence-electron chi connectivity index (χ2n) is 4.68. The Morgan fingerprint density at radius 2 is 2.19 bits per heavy atom. The van der Waals surface area contributed by atoms with E-state index in [0.717, 1.165) is 16.8 Å². The molecule has 112 valence electrons. The molecule has 0 amide bonds. The van der Waals surface area contributed by atoms with Gasteiger partial charge in [-0.2, -0.15) is 4.68 Å². The van der Waals surface area contributed by atoms with Gasteiger partial charge >= 0.3 is 5.97 Å². The molecular formula is C14H18N4O2S. The molecule has 1 atom stereocenters. The van der Waals surface area contributed by atoms with Crippen molar-refractivity contribution in [1.82, 2.24) is 20.2 Å². The van der Waals surface area contributed by atoms with Crippen molar-refractivity contribution >= 4 is 17.7 Å². The summed E-state index contributed by atoms with van der Waals surface area (Å²) in [5, 5.41) is 12.0. The van der Waals surface area contributed by atoms with Crippen LogP contribution < -0.4 is 0 Å². The van der Waals surface area contributed by atoms with Gasteiger partial charge in [-0.25, -0.2) is 0 Å². The van der Waals surface area contributed by atoms with E-state index in [1.54, 1.807) is 18.5 Å². The number of hydrogen-bond acceptors (Lipinski definition) is 6. The van der Waals surface area contributed by atoms with Crippen LogP contribution in [0.15, 0.2) is 23.4 Å². The number of aryl methyl sites for hydroxylation is 2. The summed E-state index contributed by atoms with van der Waals surface area (Å²) in [6, 6.07) is 6.08. The predicted molar refractivity (Wildman–Crippen MR) is 80.6 cm³/mol. The highest BCUT2D eigenvalue weighted by Crippen LogP contribution is 2.25. The molecule has 2 aromatic rings. The summed E-state index contributed by atoms with van der Waals surface area (Å²) < 4.78 is 6.66. The van der Waals surface area contributed by atoms with Crippen LogP contribution in [0.1, 0.15) is 25.0 Å². The highest BCUT2D eigenvalue weighted by molar-refractivity contribution is 8.00. The number of carbonyl (C=O) groups is 1. The molecule has 0 aliphatic heterocycles. The first-order valence-corrected chi connectivity index (χ1v) is 7.60. The normalized spacial score (nSPS) is 12.2. The van der Waals surface area contributed by atoms with Crippen LogP contribution in [0.4, 0.5) is 0 Å². The van der Waals surface area contributed by atoms with E-state index in [0.29, 0.717) is 11.8 Å². The fourth-order valence-corrected chi connectivity index (χ4v) is 2.62. The van der Waals surface area contributed by atoms with Crippen LogP contribution in [0.2, 0.25) is 0 Å². The summed E-state index contributed by atoms with van der Waals surface area (Å²) in [7, 11) is 0. The summed E-state index contributed by atoms with van der Waals surface area (Å²) >= 11 is 1.29. The fourth-order valence-electron chi connectivity index (χ4n) is 1.82. The van der Waals surface area contributed by atoms with Crippen molar-refractivity contribution in [2.24, 2.45) is 0 Å². The SMILES string of the molecule is CCOC(=O)C(C)Sc1nnnn1-c1cc(C)ccc1C. The lowest BCUT2D eigenvalue weighted by Crippen LogP contribution is -2.17. The lowest BCUT2D eigenvalue weighted by Gasteiger charge is -2.11. The monoisotopic (exact) mass is 306 g/mol. The molecular weight excluding hydrogens is 288 g/mol. The number of tetrazole rings is 1. The maximum atomic E-state index is 11.7. The number of hydrogen-bond donors (Lipinski definition) is 0. The predicted octanol–water partition coefficient (Wildman–Crippen LogP) is 2.32. The van der Waals surface area contributed by atoms with Crippen LogP contribution in [-0.2, 0) is 9.53 Å². The topological polar surface area (TPSA) is 69.9 Å². The van der Waals surface area contributed by atoms with Crippen LogP contribution in [0.3, 0.4) is 0 Å². The largest absolute Gasteiger partial charge is 0.465 e. The molecule has 0 aliphatic rings. The molecule has 1 unspecified atom stereocenters. The molecule has 0 saturated heterocycles. The summed E-state index contributed by atoms with van der Waals surface area (Å²) in [4.78, 5) is 11.7. The fraction of sp³-hybridized carbons (Fsp3) is 0.429. The summed E-state index contributed by atoms with van der Waals surface area (Å²) in [6.07, 6.45) is 0. The van der Waals surface area contributed by atoms with Gasteiger partial charge in [-0.15, -0.1) is 5.10 Å². The highest BCUT2D eigenvalue weighted by Gasteiger charge is 2.20. The number of rotatable bonds is 5. The Bertz CT molecular complexity index is 642. The van der Waals surface area contributed by atoms with Crippen LogP contribution in [0.5, 0.6) is 0 Å². The first-order chi connectivity index (χ1) is 10.0. The minimum Gasteiger partial charge on any atom is -0.465 e. The number of aromatic nitrogens is 4. The third kappa shape index (κ3) is 3.60. The molecule has 0 spiro atoms. The number of thioether (sulfide) groups is 1. The lowest BCUT2D eigenvalue weighted by atomic mass is 10.1. The van der Waals surface area contributed by atoms with E-state index in [1.165, 1.54) is 11.8 Å². The van der Waals surface area contributed by atoms with E-state index < -0.39 is 0 Å². The van der Waals surface area contributed by atoms with E-state index in [-0.39, 0.29) is 11.2 Å². The molecule has 1 heterocycles. The van der Waals surface area contributed by atoms with Crippen molar-refractivity contribution in [3.05, 3.63) is 29.3 Å². The van der Waals surface area contributed by atoms with Gasteiger partial charge in [0.2, 0.25) is 5.16 Å². The van der Waals surface area contributed by atoms with Crippen LogP contribution >= 0.6 is 11.8 Å². The van der Waals surface area contributed by atoms with Gasteiger partial charge in [0, 0.05) is 0 Å². The maximum Gasteiger partial charge on any atom is 0.319 e. The summed E-state index contributed by atoms with van der Waals surface area (Å²) in [5.74, 6) is -0.266. The van der Waals surface area contributed by atoms with Crippen molar-refractivity contribution in [2.75, 3.05) is 6.61 Å². The number of ether oxygens (including phenoxy) is 1. The smallest absolute Gasteiger partial charge is 0.319 e. The molecule has 6 nitrogen and oxygen atoms in total. The minimum absolute atomic E-state index is 0.266. The Morgan fingerprint density at radius 3 is 2.90 bits per heavy atom. The van der Waals surface area contributed by atoms with Crippen molar-refractivity contribution in [2.45, 2.75) is 38.1 Å². The Balaban J connectivity index is 2.26. The first kappa shape index (κ1) is 15.5. The molecule has 1 aromatic heterocycles. The van der Waals surface area contributed by atoms with Gasteiger partial charge in [-0.1, -0.05) is 23.9 Å². The van der Waals surface area contributed by atoms with E-state index >= 15 is 0 Å². The average molecular weight is 306 g/mol. The van der Waals surface area contributed by atoms with Crippen molar-refractivity contribution < 1.29 is 9.53 Å². The van der Waals surface area contributed by atoms with Crippen LogP contribution in [0, 0.1) is 13.8 Å². The van der Waals surface area contributed by atoms with Gasteiger partial charge in [0.05, 0.1) is 12.3 Å². The molecule has 0 saturated carbocycles. The van der Waals surface area contributed by atoms with E-state index in [1.807, 2.05) is 32.0 Å². The zero-order chi connectivity index (χ0) is 15.4. The van der Waals surface area contributed by atoms with Gasteiger partial charge in [0.1, 0.15) is 5.25 Å². The number of esters is 1. The number of nitrogens with zero attached hydrogens (tertiary/aromatic N) is 4. The summed E-state index contributed by atoms with van der Waals surface area (Å²) in [6.45, 7) is 7.95. The molecule has 0 radical (unpaired) electrons. The Labute approximate surface area is 127 Å². The molecule has 0 bridgehead atoms. The molecule has 1 aromatic carbocycles. The Morgan fingerprint density at radius 1 is 1.43 bits per heavy atom. The van der Waals surface area contributed by atoms with E-state index in [4.69, 9.17) is 4.74 Å². The standard InChI is InChI=1S/C14H18N4O2S/c1-5-20-13(19)11(4)21-14-15-16-17-18(14)12-8-9(2)6-7-10(12)3/h6-8,11H,5H2,1-4H3. The number of carbonyl (C=O) groups excluding carboxylic acids is 1. The lowest BCUT2D eigenvalue weighted by molar-refractivity contribution is -0.142. The molecule has 0 N–H and O–H groups in total. The highest BCUT2D eigenvalue weighted by atomic mass is 32.2. The Kier molecular flexibility index (Phi) is 4.95. The van der Waals surface area contributed by atoms with E-state index in [2.05, 4.69) is 15.5 Å². The van der Waals surface area contributed by atoms with Gasteiger partial charge in [-0.3, -0.25) is 4.79 Å². The molecule has 0 fully saturated rings. The zero-order valence-electron chi connectivity index (χ0n) is 12.5. The Hall–Kier alpha value is -1.89. The van der Waals surface area contributed by atoms with Crippen molar-refractivity contribution in [1.29, 1.82) is 0 Å². The van der Waals surface area contributed by atoms with Gasteiger partial charge in [-0.05, 0) is 55.3 Å². The van der Waals surface area contributed by atoms with Crippen LogP contribution in [0.25, 0.3) is 5.69 Å². The second-order valence-corrected chi connectivity index (χ2v) is 5.98. The maximum absolute atomic E-state index is 11.7. The molecule has 2 rings (SSSR count). The third-order valence-corrected chi connectivity index (χ3v) is 3.95. The van der Waals surface area contributed by atoms with Gasteiger partial charge in [0.25, 0.3) is 0 Å². The quantitative estimate of drug-likeness (QED) is 0.624. The molecule has 0 aliphatic carbocycles. The average Bonchev–Trinajstić information content (AvgIpc) is 2.89. The minimum atomic E-state index is -0.361. The van der Waals surface area contributed by atoms with E-state index in [9.17, 15) is 4.79 Å². The third-order valence-electron chi connectivity index (χ3n) is 2.93. The molecule has 7 heteroatoms.